The van der Waals surface area contributed by atoms with Crippen LogP contribution in [0.3, 0.4) is 0 Å². The Balaban J connectivity index is 1.19. The molecule has 0 N–H and O–H groups in total. The van der Waals surface area contributed by atoms with Crippen LogP contribution in [0.4, 0.5) is 15.8 Å². The Bertz CT molecular complexity index is 834. The van der Waals surface area contributed by atoms with Gasteiger partial charge in [-0.1, -0.05) is 6.07 Å². The van der Waals surface area contributed by atoms with E-state index in [2.05, 4.69) is 32.9 Å². The molecule has 2 aliphatic rings. The minimum absolute atomic E-state index is 0.177. The molecule has 6 heteroatoms. The quantitative estimate of drug-likeness (QED) is 0.693. The first-order chi connectivity index (χ1) is 13.6. The van der Waals surface area contributed by atoms with Crippen LogP contribution in [0.25, 0.3) is 0 Å². The Morgan fingerprint density at radius 2 is 1.75 bits per heavy atom. The van der Waals surface area contributed by atoms with Crippen molar-refractivity contribution in [2.45, 2.75) is 24.2 Å². The van der Waals surface area contributed by atoms with E-state index in [1.165, 1.54) is 24.1 Å². The monoisotopic (exact) mass is 401 g/mol. The highest BCUT2D eigenvalue weighted by Crippen LogP contribution is 2.31. The van der Waals surface area contributed by atoms with Crippen LogP contribution in [0.1, 0.15) is 18.4 Å². The van der Waals surface area contributed by atoms with Crippen LogP contribution in [0.15, 0.2) is 47.4 Å². The number of halogens is 1. The molecule has 4 rings (SSSR count). The summed E-state index contributed by atoms with van der Waals surface area (Å²) in [5.74, 6) is 0.437. The first-order valence-electron chi connectivity index (χ1n) is 10.1. The molecular formula is C22H28FN3OS. The van der Waals surface area contributed by atoms with Gasteiger partial charge in [-0.3, -0.25) is 9.11 Å². The first-order valence-corrected chi connectivity index (χ1v) is 11.4. The second-order valence-electron chi connectivity index (χ2n) is 7.74. The fourth-order valence-corrected chi connectivity index (χ4v) is 5.44. The number of nitrogens with zero attached hydrogens (tertiary/aromatic N) is 3. The zero-order chi connectivity index (χ0) is 19.5. The maximum atomic E-state index is 13.1. The summed E-state index contributed by atoms with van der Waals surface area (Å²) in [7, 11) is 1.12. The number of piperazine rings is 1. The lowest BCUT2D eigenvalue weighted by Gasteiger charge is -2.36. The van der Waals surface area contributed by atoms with Gasteiger partial charge in [-0.15, -0.1) is 0 Å². The van der Waals surface area contributed by atoms with E-state index in [1.807, 2.05) is 19.2 Å². The van der Waals surface area contributed by atoms with Gasteiger partial charge in [0.05, 0.1) is 27.3 Å². The first kappa shape index (κ1) is 19.4. The number of fused-ring (bicyclic) bond motifs is 1. The molecule has 1 saturated heterocycles. The van der Waals surface area contributed by atoms with E-state index in [9.17, 15) is 8.60 Å². The SMILES string of the molecule is CN1CS(=O)c2cc(CCCCN3CCN(c4ccc(F)cc4)CC3)ccc21. The minimum atomic E-state index is -0.878. The lowest BCUT2D eigenvalue weighted by atomic mass is 10.1. The molecule has 2 aromatic carbocycles. The highest BCUT2D eigenvalue weighted by Gasteiger charge is 2.22. The van der Waals surface area contributed by atoms with Gasteiger partial charge in [0.25, 0.3) is 0 Å². The van der Waals surface area contributed by atoms with E-state index in [-0.39, 0.29) is 5.82 Å². The van der Waals surface area contributed by atoms with Crippen molar-refractivity contribution < 1.29 is 8.60 Å². The van der Waals surface area contributed by atoms with E-state index in [4.69, 9.17) is 0 Å². The molecule has 4 nitrogen and oxygen atoms in total. The van der Waals surface area contributed by atoms with Gasteiger partial charge in [0, 0.05) is 38.9 Å². The molecule has 0 radical (unpaired) electrons. The molecule has 1 fully saturated rings. The Kier molecular flexibility index (Phi) is 5.97. The predicted molar refractivity (Wildman–Crippen MR) is 114 cm³/mol. The smallest absolute Gasteiger partial charge is 0.123 e. The highest BCUT2D eigenvalue weighted by molar-refractivity contribution is 7.85. The van der Waals surface area contributed by atoms with Gasteiger partial charge in [-0.2, -0.15) is 0 Å². The highest BCUT2D eigenvalue weighted by atomic mass is 32.2. The molecule has 2 aromatic rings. The average Bonchev–Trinajstić information content (AvgIpc) is 3.00. The van der Waals surface area contributed by atoms with Crippen LogP contribution in [0, 0.1) is 5.82 Å². The predicted octanol–water partition coefficient (Wildman–Crippen LogP) is 3.49. The normalized spacial score (nSPS) is 19.9. The second kappa shape index (κ2) is 8.62. The Labute approximate surface area is 169 Å². The minimum Gasteiger partial charge on any atom is -0.369 e. The van der Waals surface area contributed by atoms with Crippen molar-refractivity contribution in [3.63, 3.8) is 0 Å². The van der Waals surface area contributed by atoms with Gasteiger partial charge in [0.2, 0.25) is 0 Å². The number of aryl methyl sites for hydroxylation is 1. The molecule has 0 aliphatic carbocycles. The van der Waals surface area contributed by atoms with E-state index < -0.39 is 10.8 Å². The maximum absolute atomic E-state index is 13.1. The number of rotatable bonds is 6. The second-order valence-corrected chi connectivity index (χ2v) is 9.13. The zero-order valence-electron chi connectivity index (χ0n) is 16.4. The molecule has 0 bridgehead atoms. The molecule has 0 spiro atoms. The Morgan fingerprint density at radius 1 is 1.00 bits per heavy atom. The number of unbranched alkanes of at least 4 members (excludes halogenated alkanes) is 1. The summed E-state index contributed by atoms with van der Waals surface area (Å²) in [5, 5.41) is 0. The van der Waals surface area contributed by atoms with Crippen LogP contribution < -0.4 is 9.80 Å². The molecular weight excluding hydrogens is 373 g/mol. The van der Waals surface area contributed by atoms with Crippen molar-refractivity contribution in [2.24, 2.45) is 0 Å². The Hall–Kier alpha value is -1.92. The van der Waals surface area contributed by atoms with Crippen molar-refractivity contribution in [1.82, 2.24) is 4.90 Å². The van der Waals surface area contributed by atoms with Gasteiger partial charge >= 0.3 is 0 Å². The molecule has 2 aliphatic heterocycles. The fourth-order valence-electron chi connectivity index (χ4n) is 4.07. The number of hydrogen-bond donors (Lipinski definition) is 0. The summed E-state index contributed by atoms with van der Waals surface area (Å²) >= 11 is 0. The Morgan fingerprint density at radius 3 is 2.50 bits per heavy atom. The largest absolute Gasteiger partial charge is 0.369 e. The summed E-state index contributed by atoms with van der Waals surface area (Å²) in [6, 6.07) is 13.2. The standard InChI is InChI=1S/C22H28FN3OS/c1-24-17-28(27)22-16-18(5-10-21(22)24)4-2-3-11-25-12-14-26(15-13-25)20-8-6-19(23)7-9-20/h5-10,16H,2-4,11-15,17H2,1H3. The third-order valence-corrected chi connectivity index (χ3v) is 7.18. The molecule has 1 atom stereocenters. The molecule has 0 aromatic heterocycles. The summed E-state index contributed by atoms with van der Waals surface area (Å²) in [6.07, 6.45) is 3.37. The molecule has 2 heterocycles. The van der Waals surface area contributed by atoms with Gasteiger partial charge in [-0.05, 0) is 67.8 Å². The summed E-state index contributed by atoms with van der Waals surface area (Å²) < 4.78 is 25.2. The number of anilines is 2. The van der Waals surface area contributed by atoms with Gasteiger partial charge < -0.3 is 9.80 Å². The van der Waals surface area contributed by atoms with Crippen LogP contribution in [0.2, 0.25) is 0 Å². The summed E-state index contributed by atoms with van der Waals surface area (Å²) in [4.78, 5) is 7.92. The topological polar surface area (TPSA) is 26.8 Å². The number of hydrogen-bond acceptors (Lipinski definition) is 4. The van der Waals surface area contributed by atoms with Gasteiger partial charge in [0.15, 0.2) is 0 Å². The van der Waals surface area contributed by atoms with Crippen LogP contribution >= 0.6 is 0 Å². The third-order valence-electron chi connectivity index (χ3n) is 5.75. The molecule has 0 amide bonds. The van der Waals surface area contributed by atoms with Crippen molar-refractivity contribution in [3.8, 4) is 0 Å². The lowest BCUT2D eigenvalue weighted by molar-refractivity contribution is 0.253. The van der Waals surface area contributed by atoms with Crippen molar-refractivity contribution in [2.75, 3.05) is 55.4 Å². The van der Waals surface area contributed by atoms with Crippen LogP contribution in [-0.2, 0) is 17.2 Å². The molecule has 28 heavy (non-hydrogen) atoms. The van der Waals surface area contributed by atoms with Gasteiger partial charge in [0.1, 0.15) is 5.82 Å². The number of benzene rings is 2. The van der Waals surface area contributed by atoms with E-state index in [1.54, 1.807) is 0 Å². The fraction of sp³-hybridized carbons (Fsp3) is 0.455. The average molecular weight is 402 g/mol. The molecule has 150 valence electrons. The zero-order valence-corrected chi connectivity index (χ0v) is 17.3. The van der Waals surface area contributed by atoms with Crippen molar-refractivity contribution in [3.05, 3.63) is 53.8 Å². The summed E-state index contributed by atoms with van der Waals surface area (Å²) in [5.41, 5.74) is 3.52. The lowest BCUT2D eigenvalue weighted by Crippen LogP contribution is -2.46. The molecule has 0 saturated carbocycles. The van der Waals surface area contributed by atoms with Crippen LogP contribution in [-0.4, -0.2) is 54.8 Å². The van der Waals surface area contributed by atoms with Gasteiger partial charge in [-0.25, -0.2) is 4.39 Å². The van der Waals surface area contributed by atoms with E-state index in [0.29, 0.717) is 5.88 Å². The maximum Gasteiger partial charge on any atom is 0.123 e. The molecule has 1 unspecified atom stereocenters. The third kappa shape index (κ3) is 4.39. The van der Waals surface area contributed by atoms with Crippen LogP contribution in [0.5, 0.6) is 0 Å². The summed E-state index contributed by atoms with van der Waals surface area (Å²) in [6.45, 7) is 5.23. The van der Waals surface area contributed by atoms with Crippen molar-refractivity contribution in [1.29, 1.82) is 0 Å². The van der Waals surface area contributed by atoms with E-state index >= 15 is 0 Å². The van der Waals surface area contributed by atoms with E-state index in [0.717, 1.165) is 61.8 Å². The van der Waals surface area contributed by atoms with Crippen molar-refractivity contribution >= 4 is 22.2 Å².